The van der Waals surface area contributed by atoms with Gasteiger partial charge < -0.3 is 19.3 Å². The molecule has 1 atom stereocenters. The third-order valence-electron chi connectivity index (χ3n) is 8.13. The first-order valence-corrected chi connectivity index (χ1v) is 21.1. The SMILES string of the molecule is CCCCCCCCCCCCCCCC(=O)O[C@H](COP(=O)(O)O)CSCCCCCCCCCCCCCCCOC=O. The molecular formula is C35H69O8PS. The predicted molar refractivity (Wildman–Crippen MR) is 188 cm³/mol. The van der Waals surface area contributed by atoms with Crippen LogP contribution in [-0.4, -0.2) is 53.1 Å². The van der Waals surface area contributed by atoms with E-state index in [0.717, 1.165) is 44.3 Å². The van der Waals surface area contributed by atoms with Crippen LogP contribution in [0.1, 0.15) is 180 Å². The molecule has 2 N–H and O–H groups in total. The van der Waals surface area contributed by atoms with Crippen molar-refractivity contribution in [3.05, 3.63) is 0 Å². The Morgan fingerprint density at radius 3 is 1.53 bits per heavy atom. The second-order valence-corrected chi connectivity index (χ2v) is 14.9. The Balaban J connectivity index is 3.77. The van der Waals surface area contributed by atoms with Crippen LogP contribution in [0.5, 0.6) is 0 Å². The highest BCUT2D eigenvalue weighted by molar-refractivity contribution is 7.99. The van der Waals surface area contributed by atoms with E-state index in [4.69, 9.17) is 19.3 Å². The van der Waals surface area contributed by atoms with Crippen LogP contribution in [0.2, 0.25) is 0 Å². The maximum atomic E-state index is 12.4. The van der Waals surface area contributed by atoms with Gasteiger partial charge in [0, 0.05) is 12.2 Å². The van der Waals surface area contributed by atoms with Crippen LogP contribution < -0.4 is 0 Å². The van der Waals surface area contributed by atoms with Gasteiger partial charge in [0.25, 0.3) is 6.47 Å². The Morgan fingerprint density at radius 2 is 1.09 bits per heavy atom. The molecule has 0 aromatic rings. The summed E-state index contributed by atoms with van der Waals surface area (Å²) in [6.07, 6.45) is 31.7. The van der Waals surface area contributed by atoms with Crippen molar-refractivity contribution in [2.24, 2.45) is 0 Å². The Morgan fingerprint density at radius 1 is 0.667 bits per heavy atom. The predicted octanol–water partition coefficient (Wildman–Crippen LogP) is 10.5. The molecular weight excluding hydrogens is 611 g/mol. The largest absolute Gasteiger partial charge is 0.469 e. The van der Waals surface area contributed by atoms with Crippen LogP contribution in [-0.2, 0) is 28.2 Å². The number of carbonyl (C=O) groups is 2. The Hall–Kier alpha value is -0.600. The minimum Gasteiger partial charge on any atom is -0.468 e. The molecule has 0 fully saturated rings. The van der Waals surface area contributed by atoms with Gasteiger partial charge in [0.15, 0.2) is 0 Å². The maximum absolute atomic E-state index is 12.4. The second kappa shape index (κ2) is 34.7. The smallest absolute Gasteiger partial charge is 0.468 e. The minimum atomic E-state index is -4.61. The van der Waals surface area contributed by atoms with Gasteiger partial charge in [-0.3, -0.25) is 14.1 Å². The summed E-state index contributed by atoms with van der Waals surface area (Å²) < 4.78 is 26.1. The zero-order valence-electron chi connectivity index (χ0n) is 28.8. The number of thioether (sulfide) groups is 1. The highest BCUT2D eigenvalue weighted by atomic mass is 32.2. The van der Waals surface area contributed by atoms with Crippen molar-refractivity contribution in [1.82, 2.24) is 0 Å². The molecule has 0 spiro atoms. The molecule has 0 aromatic carbocycles. The first-order chi connectivity index (χ1) is 21.9. The number of hydrogen-bond donors (Lipinski definition) is 2. The third-order valence-corrected chi connectivity index (χ3v) is 9.80. The number of esters is 1. The number of unbranched alkanes of at least 4 members (excludes halogenated alkanes) is 24. The third kappa shape index (κ3) is 37.7. The molecule has 268 valence electrons. The van der Waals surface area contributed by atoms with Gasteiger partial charge in [-0.2, -0.15) is 11.8 Å². The van der Waals surface area contributed by atoms with E-state index in [1.165, 1.54) is 128 Å². The van der Waals surface area contributed by atoms with E-state index in [1.807, 2.05) is 0 Å². The molecule has 0 rings (SSSR count). The van der Waals surface area contributed by atoms with Crippen LogP contribution in [0.25, 0.3) is 0 Å². The lowest BCUT2D eigenvalue weighted by molar-refractivity contribution is -0.149. The van der Waals surface area contributed by atoms with Gasteiger partial charge in [0.1, 0.15) is 6.10 Å². The first-order valence-electron chi connectivity index (χ1n) is 18.4. The summed E-state index contributed by atoms with van der Waals surface area (Å²) in [7, 11) is -4.61. The monoisotopic (exact) mass is 680 g/mol. The highest BCUT2D eigenvalue weighted by Gasteiger charge is 2.21. The van der Waals surface area contributed by atoms with Crippen molar-refractivity contribution in [2.45, 2.75) is 186 Å². The molecule has 0 saturated carbocycles. The van der Waals surface area contributed by atoms with Crippen molar-refractivity contribution in [3.8, 4) is 0 Å². The van der Waals surface area contributed by atoms with Gasteiger partial charge in [-0.25, -0.2) is 4.57 Å². The van der Waals surface area contributed by atoms with Gasteiger partial charge in [-0.1, -0.05) is 155 Å². The van der Waals surface area contributed by atoms with Crippen LogP contribution in [0.3, 0.4) is 0 Å². The topological polar surface area (TPSA) is 119 Å². The van der Waals surface area contributed by atoms with Gasteiger partial charge >= 0.3 is 13.8 Å². The quantitative estimate of drug-likeness (QED) is 0.0286. The number of carbonyl (C=O) groups excluding carboxylic acids is 2. The van der Waals surface area contributed by atoms with E-state index in [2.05, 4.69) is 11.4 Å². The lowest BCUT2D eigenvalue weighted by Crippen LogP contribution is -2.25. The molecule has 0 unspecified atom stereocenters. The van der Waals surface area contributed by atoms with E-state index in [9.17, 15) is 14.2 Å². The number of rotatable bonds is 37. The normalized spacial score (nSPS) is 12.3. The first kappa shape index (κ1) is 44.4. The second-order valence-electron chi connectivity index (χ2n) is 12.5. The molecule has 8 nitrogen and oxygen atoms in total. The molecule has 0 aliphatic rings. The summed E-state index contributed by atoms with van der Waals surface area (Å²) >= 11 is 1.66. The van der Waals surface area contributed by atoms with E-state index in [1.54, 1.807) is 11.8 Å². The fourth-order valence-electron chi connectivity index (χ4n) is 5.43. The van der Waals surface area contributed by atoms with Crippen LogP contribution in [0.4, 0.5) is 0 Å². The summed E-state index contributed by atoms with van der Waals surface area (Å²) in [6.45, 7) is 3.04. The van der Waals surface area contributed by atoms with E-state index < -0.39 is 13.9 Å². The number of phosphoric acid groups is 1. The molecule has 45 heavy (non-hydrogen) atoms. The van der Waals surface area contributed by atoms with Crippen molar-refractivity contribution in [1.29, 1.82) is 0 Å². The zero-order valence-corrected chi connectivity index (χ0v) is 30.5. The van der Waals surface area contributed by atoms with Gasteiger partial charge in [-0.05, 0) is 25.0 Å². The van der Waals surface area contributed by atoms with E-state index >= 15 is 0 Å². The van der Waals surface area contributed by atoms with Gasteiger partial charge in [-0.15, -0.1) is 0 Å². The van der Waals surface area contributed by atoms with Gasteiger partial charge in [0.05, 0.1) is 13.2 Å². The Bertz CT molecular complexity index is 691. The maximum Gasteiger partial charge on any atom is 0.469 e. The van der Waals surface area contributed by atoms with Gasteiger partial charge in [0.2, 0.25) is 0 Å². The lowest BCUT2D eigenvalue weighted by atomic mass is 10.0. The van der Waals surface area contributed by atoms with Crippen LogP contribution in [0.15, 0.2) is 0 Å². The van der Waals surface area contributed by atoms with E-state index in [0.29, 0.717) is 25.3 Å². The Kier molecular flexibility index (Phi) is 34.3. The minimum absolute atomic E-state index is 0.280. The average Bonchev–Trinajstić information content (AvgIpc) is 3.01. The summed E-state index contributed by atoms with van der Waals surface area (Å²) in [4.78, 5) is 40.6. The summed E-state index contributed by atoms with van der Waals surface area (Å²) in [5, 5.41) is 0. The molecule has 0 aliphatic carbocycles. The van der Waals surface area contributed by atoms with Crippen LogP contribution >= 0.6 is 19.6 Å². The lowest BCUT2D eigenvalue weighted by Gasteiger charge is -2.18. The molecule has 0 aromatic heterocycles. The summed E-state index contributed by atoms with van der Waals surface area (Å²) in [5.74, 6) is 1.11. The fourth-order valence-corrected chi connectivity index (χ4v) is 6.79. The Labute approximate surface area is 280 Å². The molecule has 0 aliphatic heterocycles. The summed E-state index contributed by atoms with van der Waals surface area (Å²) in [6, 6.07) is 0. The molecule has 0 saturated heterocycles. The molecule has 0 heterocycles. The fraction of sp³-hybridized carbons (Fsp3) is 0.943. The molecule has 0 amide bonds. The van der Waals surface area contributed by atoms with Crippen LogP contribution in [0, 0.1) is 0 Å². The van der Waals surface area contributed by atoms with Crippen molar-refractivity contribution in [3.63, 3.8) is 0 Å². The average molecular weight is 681 g/mol. The van der Waals surface area contributed by atoms with E-state index in [-0.39, 0.29) is 12.6 Å². The molecule has 0 bridgehead atoms. The number of phosphoric ester groups is 1. The van der Waals surface area contributed by atoms with Crippen molar-refractivity contribution < 1.29 is 37.9 Å². The number of ether oxygens (including phenoxy) is 2. The summed E-state index contributed by atoms with van der Waals surface area (Å²) in [5.41, 5.74) is 0. The molecule has 10 heteroatoms. The number of hydrogen-bond acceptors (Lipinski definition) is 7. The highest BCUT2D eigenvalue weighted by Crippen LogP contribution is 2.36. The van der Waals surface area contributed by atoms with Crippen molar-refractivity contribution >= 4 is 32.0 Å². The molecule has 0 radical (unpaired) electrons. The van der Waals surface area contributed by atoms with Crippen molar-refractivity contribution in [2.75, 3.05) is 24.7 Å². The zero-order chi connectivity index (χ0) is 33.1. The standard InChI is InChI=1S/C35H69O8PS/c1-2-3-4-5-6-7-8-10-13-16-19-22-25-28-35(37)43-34(31-42-44(38,39)40)32-45-30-27-24-21-18-15-12-9-11-14-17-20-23-26-29-41-33-36/h33-34H,2-32H2,1H3,(H2,38,39,40)/t34-/m1/s1.